The molecule has 1 amide bonds. The maximum absolute atomic E-state index is 12.2. The number of hydrogen-bond acceptors (Lipinski definition) is 6. The first-order valence-electron chi connectivity index (χ1n) is 8.50. The summed E-state index contributed by atoms with van der Waals surface area (Å²) >= 11 is 0. The van der Waals surface area contributed by atoms with Gasteiger partial charge in [-0.05, 0) is 38.3 Å². The summed E-state index contributed by atoms with van der Waals surface area (Å²) in [5, 5.41) is 14.0. The molecule has 2 rings (SSSR count). The number of nitro groups is 1. The lowest BCUT2D eigenvalue weighted by Gasteiger charge is -2.17. The number of amides is 1. The quantitative estimate of drug-likeness (QED) is 0.334. The Labute approximate surface area is 146 Å². The number of anilines is 1. The Balaban J connectivity index is 1.96. The fourth-order valence-electron chi connectivity index (χ4n) is 2.81. The van der Waals surface area contributed by atoms with Gasteiger partial charge in [0, 0.05) is 37.7 Å². The van der Waals surface area contributed by atoms with Gasteiger partial charge in [-0.3, -0.25) is 19.7 Å². The molecule has 25 heavy (non-hydrogen) atoms. The first-order valence-corrected chi connectivity index (χ1v) is 8.50. The van der Waals surface area contributed by atoms with E-state index < -0.39 is 4.92 Å². The second-order valence-electron chi connectivity index (χ2n) is 5.82. The lowest BCUT2D eigenvalue weighted by molar-refractivity contribution is -0.384. The minimum absolute atomic E-state index is 0.0546. The van der Waals surface area contributed by atoms with E-state index in [0.29, 0.717) is 25.3 Å². The minimum atomic E-state index is -0.453. The summed E-state index contributed by atoms with van der Waals surface area (Å²) in [4.78, 5) is 36.2. The zero-order valence-electron chi connectivity index (χ0n) is 14.3. The van der Waals surface area contributed by atoms with Crippen LogP contribution in [0.25, 0.3) is 0 Å². The fourth-order valence-corrected chi connectivity index (χ4v) is 2.81. The first-order chi connectivity index (χ1) is 12.0. The Hall–Kier alpha value is -2.64. The van der Waals surface area contributed by atoms with E-state index in [1.54, 1.807) is 19.1 Å². The zero-order chi connectivity index (χ0) is 18.2. The van der Waals surface area contributed by atoms with E-state index in [2.05, 4.69) is 5.32 Å². The summed E-state index contributed by atoms with van der Waals surface area (Å²) in [5.74, 6) is -0.692. The number of esters is 1. The largest absolute Gasteiger partial charge is 0.466 e. The molecule has 1 fully saturated rings. The zero-order valence-corrected chi connectivity index (χ0v) is 14.3. The molecule has 1 saturated heterocycles. The molecule has 1 N–H and O–H groups in total. The molecular weight excluding hydrogens is 326 g/mol. The number of carbonyl (C=O) groups is 2. The molecule has 0 atom stereocenters. The van der Waals surface area contributed by atoms with Crippen molar-refractivity contribution in [1.82, 2.24) is 5.32 Å². The molecule has 1 aromatic rings. The number of rotatable bonds is 8. The van der Waals surface area contributed by atoms with E-state index in [4.69, 9.17) is 4.74 Å². The number of nitrogens with zero attached hydrogens (tertiary/aromatic N) is 2. The van der Waals surface area contributed by atoms with E-state index >= 15 is 0 Å². The summed E-state index contributed by atoms with van der Waals surface area (Å²) < 4.78 is 4.81. The normalized spacial score (nSPS) is 13.6. The highest BCUT2D eigenvalue weighted by atomic mass is 16.6. The Bertz CT molecular complexity index is 641. The van der Waals surface area contributed by atoms with Crippen molar-refractivity contribution >= 4 is 23.3 Å². The fraction of sp³-hybridized carbons (Fsp3) is 0.529. The van der Waals surface area contributed by atoms with Gasteiger partial charge in [-0.2, -0.15) is 0 Å². The molecule has 0 aromatic heterocycles. The molecule has 8 nitrogen and oxygen atoms in total. The van der Waals surface area contributed by atoms with Gasteiger partial charge in [0.2, 0.25) is 0 Å². The van der Waals surface area contributed by atoms with Crippen LogP contribution in [0.4, 0.5) is 11.4 Å². The number of carbonyl (C=O) groups excluding carboxylic acids is 2. The van der Waals surface area contributed by atoms with Gasteiger partial charge in [0.1, 0.15) is 5.69 Å². The molecule has 0 saturated carbocycles. The average Bonchev–Trinajstić information content (AvgIpc) is 3.12. The maximum Gasteiger partial charge on any atom is 0.305 e. The Morgan fingerprint density at radius 1 is 1.32 bits per heavy atom. The monoisotopic (exact) mass is 349 g/mol. The van der Waals surface area contributed by atoms with Crippen molar-refractivity contribution in [2.24, 2.45) is 0 Å². The number of benzene rings is 1. The SMILES string of the molecule is CCOC(=O)CCCNC(=O)c1ccc(N2CCCC2)c([N+](=O)[O-])c1. The maximum atomic E-state index is 12.2. The van der Waals surface area contributed by atoms with Gasteiger partial charge in [0.25, 0.3) is 11.6 Å². The summed E-state index contributed by atoms with van der Waals surface area (Å²) in [6.45, 7) is 3.95. The molecular formula is C17H23N3O5. The van der Waals surface area contributed by atoms with Crippen LogP contribution in [-0.2, 0) is 9.53 Å². The lowest BCUT2D eigenvalue weighted by Crippen LogP contribution is -2.25. The minimum Gasteiger partial charge on any atom is -0.466 e. The van der Waals surface area contributed by atoms with E-state index in [9.17, 15) is 19.7 Å². The molecule has 0 radical (unpaired) electrons. The summed E-state index contributed by atoms with van der Waals surface area (Å²) in [6, 6.07) is 4.55. The van der Waals surface area contributed by atoms with Crippen LogP contribution < -0.4 is 10.2 Å². The van der Waals surface area contributed by atoms with Crippen molar-refractivity contribution < 1.29 is 19.2 Å². The Morgan fingerprint density at radius 3 is 2.68 bits per heavy atom. The smallest absolute Gasteiger partial charge is 0.305 e. The van der Waals surface area contributed by atoms with Gasteiger partial charge >= 0.3 is 5.97 Å². The van der Waals surface area contributed by atoms with Gasteiger partial charge in [-0.25, -0.2) is 0 Å². The lowest BCUT2D eigenvalue weighted by atomic mass is 10.1. The third kappa shape index (κ3) is 5.17. The molecule has 136 valence electrons. The van der Waals surface area contributed by atoms with Crippen molar-refractivity contribution in [3.05, 3.63) is 33.9 Å². The van der Waals surface area contributed by atoms with Gasteiger partial charge in [0.05, 0.1) is 11.5 Å². The standard InChI is InChI=1S/C17H23N3O5/c1-2-25-16(21)6-5-9-18-17(22)13-7-8-14(15(12-13)20(23)24)19-10-3-4-11-19/h7-8,12H,2-6,9-11H2,1H3,(H,18,22). The van der Waals surface area contributed by atoms with Crippen LogP contribution in [-0.4, -0.2) is 43.0 Å². The number of hydrogen-bond donors (Lipinski definition) is 1. The van der Waals surface area contributed by atoms with Crippen LogP contribution in [0, 0.1) is 10.1 Å². The van der Waals surface area contributed by atoms with E-state index in [-0.39, 0.29) is 29.5 Å². The van der Waals surface area contributed by atoms with Crippen molar-refractivity contribution in [3.63, 3.8) is 0 Å². The van der Waals surface area contributed by atoms with Gasteiger partial charge in [0.15, 0.2) is 0 Å². The highest BCUT2D eigenvalue weighted by Gasteiger charge is 2.23. The van der Waals surface area contributed by atoms with Gasteiger partial charge < -0.3 is 15.0 Å². The van der Waals surface area contributed by atoms with Crippen LogP contribution in [0.3, 0.4) is 0 Å². The first kappa shape index (κ1) is 18.7. The third-order valence-electron chi connectivity index (χ3n) is 4.03. The predicted molar refractivity (Wildman–Crippen MR) is 92.7 cm³/mol. The number of ether oxygens (including phenoxy) is 1. The second-order valence-corrected chi connectivity index (χ2v) is 5.82. The molecule has 1 heterocycles. The Morgan fingerprint density at radius 2 is 2.04 bits per heavy atom. The van der Waals surface area contributed by atoms with Crippen LogP contribution >= 0.6 is 0 Å². The molecule has 0 spiro atoms. The number of nitrogens with one attached hydrogen (secondary N) is 1. The Kier molecular flexibility index (Phi) is 6.73. The predicted octanol–water partition coefficient (Wildman–Crippen LogP) is 2.27. The highest BCUT2D eigenvalue weighted by molar-refractivity contribution is 5.95. The second kappa shape index (κ2) is 9.00. The van der Waals surface area contributed by atoms with Crippen LogP contribution in [0.5, 0.6) is 0 Å². The molecule has 0 bridgehead atoms. The van der Waals surface area contributed by atoms with E-state index in [1.807, 2.05) is 4.90 Å². The molecule has 1 aliphatic heterocycles. The number of nitro benzene ring substituents is 1. The van der Waals surface area contributed by atoms with Crippen LogP contribution in [0.1, 0.15) is 43.0 Å². The van der Waals surface area contributed by atoms with Crippen molar-refractivity contribution in [3.8, 4) is 0 Å². The molecule has 8 heteroatoms. The molecule has 0 aliphatic carbocycles. The molecule has 0 unspecified atom stereocenters. The molecule has 1 aliphatic rings. The van der Waals surface area contributed by atoms with Crippen LogP contribution in [0.15, 0.2) is 18.2 Å². The van der Waals surface area contributed by atoms with Gasteiger partial charge in [-0.1, -0.05) is 0 Å². The topological polar surface area (TPSA) is 102 Å². The van der Waals surface area contributed by atoms with Crippen LogP contribution in [0.2, 0.25) is 0 Å². The van der Waals surface area contributed by atoms with E-state index in [0.717, 1.165) is 25.9 Å². The van der Waals surface area contributed by atoms with Gasteiger partial charge in [-0.15, -0.1) is 0 Å². The summed E-state index contributed by atoms with van der Waals surface area (Å²) in [7, 11) is 0. The summed E-state index contributed by atoms with van der Waals surface area (Å²) in [5.41, 5.74) is 0.744. The molecule has 1 aromatic carbocycles. The van der Waals surface area contributed by atoms with E-state index in [1.165, 1.54) is 6.07 Å². The van der Waals surface area contributed by atoms with Crippen molar-refractivity contribution in [1.29, 1.82) is 0 Å². The van der Waals surface area contributed by atoms with Crippen molar-refractivity contribution in [2.75, 3.05) is 31.1 Å². The summed E-state index contributed by atoms with van der Waals surface area (Å²) in [6.07, 6.45) is 2.71. The third-order valence-corrected chi connectivity index (χ3v) is 4.03. The highest BCUT2D eigenvalue weighted by Crippen LogP contribution is 2.31. The van der Waals surface area contributed by atoms with Crippen molar-refractivity contribution in [2.45, 2.75) is 32.6 Å². The average molecular weight is 349 g/mol.